The van der Waals surface area contributed by atoms with Gasteiger partial charge in [-0.15, -0.1) is 10.9 Å². The Morgan fingerprint density at radius 1 is 1.75 bits per heavy atom. The molecular weight excluding hydrogens is 171 g/mol. The molecule has 0 aromatic rings. The van der Waals surface area contributed by atoms with Crippen molar-refractivity contribution < 1.29 is 9.09 Å². The zero-order chi connectivity index (χ0) is 9.78. The first kappa shape index (κ1) is 11.4. The molecule has 0 saturated carbocycles. The molecule has 0 amide bonds. The van der Waals surface area contributed by atoms with Crippen molar-refractivity contribution in [1.29, 1.82) is 0 Å². The van der Waals surface area contributed by atoms with Crippen molar-refractivity contribution in [3.05, 3.63) is 12.2 Å². The smallest absolute Gasteiger partial charge is 0.141 e. The van der Waals surface area contributed by atoms with Crippen LogP contribution in [0.15, 0.2) is 12.2 Å². The van der Waals surface area contributed by atoms with Gasteiger partial charge in [0.05, 0.1) is 0 Å². The molecule has 0 bridgehead atoms. The highest BCUT2D eigenvalue weighted by molar-refractivity contribution is 7.41. The Labute approximate surface area is 74.9 Å². The van der Waals surface area contributed by atoms with E-state index in [1.807, 2.05) is 6.92 Å². The minimum absolute atomic E-state index is 0.306. The van der Waals surface area contributed by atoms with Crippen LogP contribution in [-0.4, -0.2) is 11.8 Å². The van der Waals surface area contributed by atoms with Crippen LogP contribution >= 0.6 is 8.03 Å². The molecule has 1 atom stereocenters. The van der Waals surface area contributed by atoms with Gasteiger partial charge in [0.1, 0.15) is 6.61 Å². The SMILES string of the molecule is C#CC(C)(C)[P+](=O)OCC(=C)C. The second-order valence-corrected chi connectivity index (χ2v) is 5.08. The van der Waals surface area contributed by atoms with E-state index in [0.29, 0.717) is 6.61 Å². The third-order valence-corrected chi connectivity index (χ3v) is 2.64. The van der Waals surface area contributed by atoms with Gasteiger partial charge < -0.3 is 0 Å². The normalized spacial score (nSPS) is 12.0. The monoisotopic (exact) mass is 185 g/mol. The van der Waals surface area contributed by atoms with Crippen LogP contribution < -0.4 is 0 Å². The zero-order valence-corrected chi connectivity index (χ0v) is 8.65. The summed E-state index contributed by atoms with van der Waals surface area (Å²) in [6.07, 6.45) is 5.18. The highest BCUT2D eigenvalue weighted by atomic mass is 31.1. The van der Waals surface area contributed by atoms with E-state index in [9.17, 15) is 4.57 Å². The standard InChI is InChI=1S/C9H14O2P/c1-6-9(4,5)12(10)11-7-8(2)3/h1H,2,7H2,3-5H3/q+1. The first-order chi connectivity index (χ1) is 5.40. The predicted molar refractivity (Wildman–Crippen MR) is 51.3 cm³/mol. The summed E-state index contributed by atoms with van der Waals surface area (Å²) < 4.78 is 16.4. The Balaban J connectivity index is 4.07. The summed E-state index contributed by atoms with van der Waals surface area (Å²) >= 11 is 0. The number of hydrogen-bond acceptors (Lipinski definition) is 2. The maximum absolute atomic E-state index is 11.3. The van der Waals surface area contributed by atoms with Gasteiger partial charge >= 0.3 is 8.03 Å². The van der Waals surface area contributed by atoms with Crippen molar-refractivity contribution in [1.82, 2.24) is 0 Å². The second-order valence-electron chi connectivity index (χ2n) is 3.19. The molecule has 0 heterocycles. The number of hydrogen-bond donors (Lipinski definition) is 0. The Kier molecular flexibility index (Phi) is 4.17. The maximum Gasteiger partial charge on any atom is 0.527 e. The summed E-state index contributed by atoms with van der Waals surface area (Å²) in [6, 6.07) is 0. The molecule has 3 heteroatoms. The van der Waals surface area contributed by atoms with E-state index in [-0.39, 0.29) is 0 Å². The quantitative estimate of drug-likeness (QED) is 0.382. The largest absolute Gasteiger partial charge is 0.527 e. The van der Waals surface area contributed by atoms with Gasteiger partial charge in [-0.3, -0.25) is 0 Å². The van der Waals surface area contributed by atoms with Crippen LogP contribution in [0.3, 0.4) is 0 Å². The van der Waals surface area contributed by atoms with Gasteiger partial charge in [-0.25, -0.2) is 0 Å². The molecule has 0 aromatic heterocycles. The molecule has 0 spiro atoms. The average molecular weight is 185 g/mol. The first-order valence-corrected chi connectivity index (χ1v) is 4.80. The lowest BCUT2D eigenvalue weighted by Crippen LogP contribution is -2.11. The van der Waals surface area contributed by atoms with Crippen LogP contribution in [0.4, 0.5) is 0 Å². The van der Waals surface area contributed by atoms with Crippen LogP contribution in [0.5, 0.6) is 0 Å². The lowest BCUT2D eigenvalue weighted by atomic mass is 10.2. The van der Waals surface area contributed by atoms with Crippen molar-refractivity contribution in [2.24, 2.45) is 0 Å². The summed E-state index contributed by atoms with van der Waals surface area (Å²) in [5, 5.41) is -0.690. The maximum atomic E-state index is 11.3. The molecule has 12 heavy (non-hydrogen) atoms. The van der Waals surface area contributed by atoms with Crippen LogP contribution in [-0.2, 0) is 9.09 Å². The Bertz CT molecular complexity index is 235. The second kappa shape index (κ2) is 4.40. The minimum atomic E-state index is -1.80. The van der Waals surface area contributed by atoms with Crippen molar-refractivity contribution in [2.75, 3.05) is 6.61 Å². The van der Waals surface area contributed by atoms with Crippen molar-refractivity contribution in [2.45, 2.75) is 25.9 Å². The third kappa shape index (κ3) is 3.67. The Hall–Kier alpha value is -0.640. The lowest BCUT2D eigenvalue weighted by molar-refractivity contribution is 0.351. The molecule has 0 fully saturated rings. The molecule has 0 aliphatic heterocycles. The Morgan fingerprint density at radius 2 is 2.25 bits per heavy atom. The van der Waals surface area contributed by atoms with E-state index in [2.05, 4.69) is 12.5 Å². The van der Waals surface area contributed by atoms with Gasteiger partial charge in [0.15, 0.2) is 0 Å². The Morgan fingerprint density at radius 3 is 2.58 bits per heavy atom. The molecule has 0 rings (SSSR count). The van der Waals surface area contributed by atoms with Crippen molar-refractivity contribution in [3.63, 3.8) is 0 Å². The summed E-state index contributed by atoms with van der Waals surface area (Å²) in [5.41, 5.74) is 0.839. The molecule has 2 nitrogen and oxygen atoms in total. The number of terminal acetylenes is 1. The van der Waals surface area contributed by atoms with Gasteiger partial charge in [-0.2, -0.15) is 0 Å². The fourth-order valence-electron chi connectivity index (χ4n) is 0.383. The van der Waals surface area contributed by atoms with E-state index >= 15 is 0 Å². The third-order valence-electron chi connectivity index (χ3n) is 1.24. The molecule has 1 unspecified atom stereocenters. The van der Waals surface area contributed by atoms with Gasteiger partial charge in [0, 0.05) is 0 Å². The van der Waals surface area contributed by atoms with E-state index in [4.69, 9.17) is 10.9 Å². The lowest BCUT2D eigenvalue weighted by Gasteiger charge is -2.02. The molecule has 0 aliphatic rings. The summed E-state index contributed by atoms with van der Waals surface area (Å²) in [7, 11) is -1.80. The molecule has 0 radical (unpaired) electrons. The van der Waals surface area contributed by atoms with Gasteiger partial charge in [-0.05, 0) is 31.3 Å². The summed E-state index contributed by atoms with van der Waals surface area (Å²) in [6.45, 7) is 9.17. The van der Waals surface area contributed by atoms with Crippen LogP contribution in [0.2, 0.25) is 0 Å². The summed E-state index contributed by atoms with van der Waals surface area (Å²) in [5.74, 6) is 2.43. The number of rotatable bonds is 4. The molecule has 66 valence electrons. The molecular formula is C9H14O2P+. The first-order valence-electron chi connectivity index (χ1n) is 3.62. The van der Waals surface area contributed by atoms with E-state index in [1.54, 1.807) is 13.8 Å². The van der Waals surface area contributed by atoms with Crippen LogP contribution in [0, 0.1) is 12.3 Å². The fourth-order valence-corrected chi connectivity index (χ4v) is 1.15. The van der Waals surface area contributed by atoms with E-state index in [1.165, 1.54) is 0 Å². The van der Waals surface area contributed by atoms with E-state index in [0.717, 1.165) is 5.57 Å². The molecule has 0 N–H and O–H groups in total. The molecule has 0 aliphatic carbocycles. The van der Waals surface area contributed by atoms with Crippen molar-refractivity contribution in [3.8, 4) is 12.3 Å². The average Bonchev–Trinajstić information content (AvgIpc) is 2.00. The summed E-state index contributed by atoms with van der Waals surface area (Å²) in [4.78, 5) is 0. The highest BCUT2D eigenvalue weighted by Gasteiger charge is 2.40. The molecule has 0 saturated heterocycles. The van der Waals surface area contributed by atoms with Gasteiger partial charge in [0.2, 0.25) is 0 Å². The fraction of sp³-hybridized carbons (Fsp3) is 0.556. The van der Waals surface area contributed by atoms with Gasteiger partial charge in [-0.1, -0.05) is 12.2 Å². The zero-order valence-electron chi connectivity index (χ0n) is 7.76. The highest BCUT2D eigenvalue weighted by Crippen LogP contribution is 2.39. The topological polar surface area (TPSA) is 26.3 Å². The molecule has 0 aromatic carbocycles. The van der Waals surface area contributed by atoms with Crippen molar-refractivity contribution >= 4 is 8.03 Å². The predicted octanol–water partition coefficient (Wildman–Crippen LogP) is 2.73. The van der Waals surface area contributed by atoms with Gasteiger partial charge in [0.25, 0.3) is 5.16 Å². The van der Waals surface area contributed by atoms with E-state index < -0.39 is 13.2 Å². The van der Waals surface area contributed by atoms with Crippen LogP contribution in [0.25, 0.3) is 0 Å². The minimum Gasteiger partial charge on any atom is -0.141 e. The van der Waals surface area contributed by atoms with Crippen LogP contribution in [0.1, 0.15) is 20.8 Å².